The summed E-state index contributed by atoms with van der Waals surface area (Å²) in [6.45, 7) is 8.77. The van der Waals surface area contributed by atoms with Gasteiger partial charge in [-0.3, -0.25) is 15.6 Å². The molecule has 0 aliphatic carbocycles. The maximum absolute atomic E-state index is 13.1. The van der Waals surface area contributed by atoms with E-state index in [1.807, 2.05) is 19.9 Å². The van der Waals surface area contributed by atoms with Crippen molar-refractivity contribution >= 4 is 21.9 Å². The third-order valence-corrected chi connectivity index (χ3v) is 6.67. The van der Waals surface area contributed by atoms with E-state index in [1.54, 1.807) is 12.1 Å². The SMILES string of the molecule is Cc1cc(C)nc(NNC(=O)c2cccc(S(=O)(=O)N3CC(C)CC(C)C3)c2)n1. The minimum Gasteiger partial charge on any atom is -0.267 e. The summed E-state index contributed by atoms with van der Waals surface area (Å²) in [4.78, 5) is 21.0. The lowest BCUT2D eigenvalue weighted by Crippen LogP contribution is -2.42. The van der Waals surface area contributed by atoms with E-state index >= 15 is 0 Å². The summed E-state index contributed by atoms with van der Waals surface area (Å²) in [6, 6.07) is 7.89. The summed E-state index contributed by atoms with van der Waals surface area (Å²) in [6.07, 6.45) is 1.01. The molecule has 2 heterocycles. The Bertz CT molecular complexity index is 979. The van der Waals surface area contributed by atoms with E-state index in [1.165, 1.54) is 16.4 Å². The molecule has 1 saturated heterocycles. The van der Waals surface area contributed by atoms with Crippen molar-refractivity contribution < 1.29 is 13.2 Å². The number of benzene rings is 1. The third-order valence-electron chi connectivity index (χ3n) is 4.84. The first-order chi connectivity index (χ1) is 13.6. The topological polar surface area (TPSA) is 104 Å². The molecule has 1 amide bonds. The Balaban J connectivity index is 1.75. The predicted molar refractivity (Wildman–Crippen MR) is 111 cm³/mol. The highest BCUT2D eigenvalue weighted by molar-refractivity contribution is 7.89. The summed E-state index contributed by atoms with van der Waals surface area (Å²) in [5, 5.41) is 0. The summed E-state index contributed by atoms with van der Waals surface area (Å²) >= 11 is 0. The molecule has 156 valence electrons. The van der Waals surface area contributed by atoms with Crippen molar-refractivity contribution in [1.29, 1.82) is 0 Å². The van der Waals surface area contributed by atoms with Crippen molar-refractivity contribution in [3.05, 3.63) is 47.3 Å². The highest BCUT2D eigenvalue weighted by Crippen LogP contribution is 2.27. The van der Waals surface area contributed by atoms with Gasteiger partial charge in [-0.2, -0.15) is 4.31 Å². The highest BCUT2D eigenvalue weighted by Gasteiger charge is 2.31. The summed E-state index contributed by atoms with van der Waals surface area (Å²) in [7, 11) is -3.65. The average molecular weight is 418 g/mol. The van der Waals surface area contributed by atoms with Gasteiger partial charge in [0, 0.05) is 30.0 Å². The van der Waals surface area contributed by atoms with Crippen LogP contribution in [0.4, 0.5) is 5.95 Å². The number of amides is 1. The van der Waals surface area contributed by atoms with E-state index < -0.39 is 15.9 Å². The number of carbonyl (C=O) groups excluding carboxylic acids is 1. The number of anilines is 1. The van der Waals surface area contributed by atoms with Crippen LogP contribution in [-0.2, 0) is 10.0 Å². The molecular formula is C20H27N5O3S. The average Bonchev–Trinajstić information content (AvgIpc) is 2.64. The Labute approximate surface area is 171 Å². The smallest absolute Gasteiger partial charge is 0.267 e. The second kappa shape index (κ2) is 8.46. The largest absolute Gasteiger partial charge is 0.269 e. The van der Waals surface area contributed by atoms with Crippen LogP contribution in [0.2, 0.25) is 0 Å². The van der Waals surface area contributed by atoms with Crippen LogP contribution in [0.3, 0.4) is 0 Å². The number of nitrogens with zero attached hydrogens (tertiary/aromatic N) is 3. The van der Waals surface area contributed by atoms with E-state index in [0.717, 1.165) is 17.8 Å². The molecule has 3 rings (SSSR count). The van der Waals surface area contributed by atoms with Gasteiger partial charge in [-0.05, 0) is 56.4 Å². The van der Waals surface area contributed by atoms with E-state index in [0.29, 0.717) is 24.9 Å². The second-order valence-corrected chi connectivity index (χ2v) is 9.79. The van der Waals surface area contributed by atoms with Gasteiger partial charge in [0.2, 0.25) is 16.0 Å². The maximum atomic E-state index is 13.1. The summed E-state index contributed by atoms with van der Waals surface area (Å²) in [5.74, 6) is 0.421. The van der Waals surface area contributed by atoms with Crippen molar-refractivity contribution in [3.8, 4) is 0 Å². The Morgan fingerprint density at radius 2 is 1.69 bits per heavy atom. The summed E-state index contributed by atoms with van der Waals surface area (Å²) in [5.41, 5.74) is 6.97. The normalized spacial score (nSPS) is 20.3. The van der Waals surface area contributed by atoms with Crippen molar-refractivity contribution in [3.63, 3.8) is 0 Å². The first kappa shape index (κ1) is 21.2. The van der Waals surface area contributed by atoms with Gasteiger partial charge in [0.05, 0.1) is 4.90 Å². The zero-order chi connectivity index (χ0) is 21.2. The standard InChI is InChI=1S/C20H27N5O3S/c1-13-8-14(2)12-25(11-13)29(27,28)18-7-5-6-17(10-18)19(26)23-24-20-21-15(3)9-16(4)22-20/h5-7,9-10,13-14H,8,11-12H2,1-4H3,(H,23,26)(H,21,22,24). The van der Waals surface area contributed by atoms with Gasteiger partial charge in [-0.15, -0.1) is 0 Å². The molecule has 1 fully saturated rings. The molecular weight excluding hydrogens is 390 g/mol. The number of aryl methyl sites for hydroxylation is 2. The molecule has 9 heteroatoms. The van der Waals surface area contributed by atoms with Gasteiger partial charge >= 0.3 is 0 Å². The van der Waals surface area contributed by atoms with Gasteiger partial charge in [0.15, 0.2) is 0 Å². The minimum absolute atomic E-state index is 0.120. The van der Waals surface area contributed by atoms with Crippen molar-refractivity contribution in [1.82, 2.24) is 19.7 Å². The van der Waals surface area contributed by atoms with Crippen molar-refractivity contribution in [2.75, 3.05) is 18.5 Å². The maximum Gasteiger partial charge on any atom is 0.269 e. The first-order valence-electron chi connectivity index (χ1n) is 9.64. The van der Waals surface area contributed by atoms with E-state index in [4.69, 9.17) is 0 Å². The molecule has 2 aromatic rings. The molecule has 29 heavy (non-hydrogen) atoms. The molecule has 2 unspecified atom stereocenters. The van der Waals surface area contributed by atoms with E-state index in [9.17, 15) is 13.2 Å². The quantitative estimate of drug-likeness (QED) is 0.725. The fourth-order valence-corrected chi connectivity index (χ4v) is 5.44. The number of rotatable bonds is 5. The molecule has 1 aromatic carbocycles. The Kier molecular flexibility index (Phi) is 6.18. The molecule has 2 N–H and O–H groups in total. The molecule has 1 aromatic heterocycles. The molecule has 0 spiro atoms. The second-order valence-electron chi connectivity index (χ2n) is 7.85. The zero-order valence-corrected chi connectivity index (χ0v) is 18.0. The Morgan fingerprint density at radius 1 is 1.07 bits per heavy atom. The van der Waals surface area contributed by atoms with Gasteiger partial charge in [-0.25, -0.2) is 18.4 Å². The number of nitrogens with one attached hydrogen (secondary N) is 2. The number of hydrogen-bond acceptors (Lipinski definition) is 6. The molecule has 1 aliphatic heterocycles. The predicted octanol–water partition coefficient (Wildman–Crippen LogP) is 2.52. The number of carbonyl (C=O) groups is 1. The van der Waals surface area contributed by atoms with Crippen LogP contribution < -0.4 is 10.9 Å². The van der Waals surface area contributed by atoms with Crippen LogP contribution in [-0.4, -0.2) is 41.7 Å². The van der Waals surface area contributed by atoms with Gasteiger partial charge in [-0.1, -0.05) is 19.9 Å². The molecule has 0 bridgehead atoms. The first-order valence-corrected chi connectivity index (χ1v) is 11.1. The number of sulfonamides is 1. The van der Waals surface area contributed by atoms with Crippen LogP contribution in [0.5, 0.6) is 0 Å². The number of aromatic nitrogens is 2. The minimum atomic E-state index is -3.65. The lowest BCUT2D eigenvalue weighted by Gasteiger charge is -2.34. The zero-order valence-electron chi connectivity index (χ0n) is 17.1. The lowest BCUT2D eigenvalue weighted by atomic mass is 9.94. The summed E-state index contributed by atoms with van der Waals surface area (Å²) < 4.78 is 27.7. The molecule has 0 saturated carbocycles. The Hall–Kier alpha value is -2.52. The van der Waals surface area contributed by atoms with E-state index in [-0.39, 0.29) is 16.4 Å². The van der Waals surface area contributed by atoms with Gasteiger partial charge < -0.3 is 0 Å². The van der Waals surface area contributed by atoms with Crippen LogP contribution in [0, 0.1) is 25.7 Å². The van der Waals surface area contributed by atoms with Crippen LogP contribution in [0.25, 0.3) is 0 Å². The number of hydrazine groups is 1. The van der Waals surface area contributed by atoms with Crippen LogP contribution in [0.15, 0.2) is 35.2 Å². The van der Waals surface area contributed by atoms with Crippen LogP contribution in [0.1, 0.15) is 42.0 Å². The lowest BCUT2D eigenvalue weighted by molar-refractivity contribution is 0.0962. The van der Waals surface area contributed by atoms with Crippen molar-refractivity contribution in [2.45, 2.75) is 39.0 Å². The fourth-order valence-electron chi connectivity index (χ4n) is 3.72. The third kappa shape index (κ3) is 5.10. The van der Waals surface area contributed by atoms with Gasteiger partial charge in [0.25, 0.3) is 5.91 Å². The number of hydrogen-bond donors (Lipinski definition) is 2. The van der Waals surface area contributed by atoms with Gasteiger partial charge in [0.1, 0.15) is 0 Å². The molecule has 0 radical (unpaired) electrons. The highest BCUT2D eigenvalue weighted by atomic mass is 32.2. The molecule has 1 aliphatic rings. The van der Waals surface area contributed by atoms with Crippen molar-refractivity contribution in [2.24, 2.45) is 11.8 Å². The molecule has 2 atom stereocenters. The Morgan fingerprint density at radius 3 is 2.31 bits per heavy atom. The van der Waals surface area contributed by atoms with Crippen LogP contribution >= 0.6 is 0 Å². The fraction of sp³-hybridized carbons (Fsp3) is 0.450. The molecule has 8 nitrogen and oxygen atoms in total. The van der Waals surface area contributed by atoms with E-state index in [2.05, 4.69) is 34.7 Å². The number of piperidine rings is 1. The monoisotopic (exact) mass is 417 g/mol.